The van der Waals surface area contributed by atoms with Gasteiger partial charge in [-0.2, -0.15) is 0 Å². The van der Waals surface area contributed by atoms with Crippen molar-refractivity contribution in [2.75, 3.05) is 18.5 Å². The molecule has 1 N–H and O–H groups in total. The van der Waals surface area contributed by atoms with E-state index in [0.29, 0.717) is 6.61 Å². The Morgan fingerprint density at radius 2 is 2.40 bits per heavy atom. The number of rotatable bonds is 3. The van der Waals surface area contributed by atoms with Gasteiger partial charge in [0, 0.05) is 6.54 Å². The molecule has 0 fully saturated rings. The van der Waals surface area contributed by atoms with E-state index < -0.39 is 0 Å². The number of fused-ring (bicyclic) bond motifs is 1. The fraction of sp³-hybridized carbons (Fsp3) is 0.385. The van der Waals surface area contributed by atoms with Gasteiger partial charge in [0.2, 0.25) is 0 Å². The molecular formula is C13H17NO. The Morgan fingerprint density at radius 3 is 3.27 bits per heavy atom. The van der Waals surface area contributed by atoms with Gasteiger partial charge in [0.1, 0.15) is 12.4 Å². The zero-order chi connectivity index (χ0) is 10.5. The molecule has 15 heavy (non-hydrogen) atoms. The standard InChI is InChI=1S/C13H17NO/c1-2-3-10-15-12-8-4-6-11-7-5-9-14-13(11)12/h2-4,6,8,14H,5,7,9-10H2,1H3/b3-2+. The number of allylic oxidation sites excluding steroid dienone is 1. The van der Waals surface area contributed by atoms with Gasteiger partial charge in [-0.15, -0.1) is 0 Å². The minimum absolute atomic E-state index is 0.647. The summed E-state index contributed by atoms with van der Waals surface area (Å²) in [6.07, 6.45) is 6.39. The van der Waals surface area contributed by atoms with E-state index in [1.54, 1.807) is 0 Å². The molecule has 0 aromatic heterocycles. The third-order valence-electron chi connectivity index (χ3n) is 2.61. The molecule has 1 aliphatic heterocycles. The van der Waals surface area contributed by atoms with Crippen LogP contribution in [0.5, 0.6) is 5.75 Å². The zero-order valence-corrected chi connectivity index (χ0v) is 9.12. The summed E-state index contributed by atoms with van der Waals surface area (Å²) in [5.41, 5.74) is 2.56. The molecule has 0 radical (unpaired) electrons. The van der Waals surface area contributed by atoms with E-state index in [-0.39, 0.29) is 0 Å². The number of ether oxygens (including phenoxy) is 1. The van der Waals surface area contributed by atoms with Crippen LogP contribution in [0.25, 0.3) is 0 Å². The fourth-order valence-electron chi connectivity index (χ4n) is 1.83. The predicted octanol–water partition coefficient (Wildman–Crippen LogP) is 3.00. The summed E-state index contributed by atoms with van der Waals surface area (Å²) in [5, 5.41) is 3.41. The molecule has 0 saturated heterocycles. The van der Waals surface area contributed by atoms with Crippen molar-refractivity contribution in [2.45, 2.75) is 19.8 Å². The predicted molar refractivity (Wildman–Crippen MR) is 63.6 cm³/mol. The quantitative estimate of drug-likeness (QED) is 0.762. The first-order chi connectivity index (χ1) is 7.42. The Kier molecular flexibility index (Phi) is 3.28. The first kappa shape index (κ1) is 10.1. The van der Waals surface area contributed by atoms with Crippen molar-refractivity contribution in [3.05, 3.63) is 35.9 Å². The average molecular weight is 203 g/mol. The van der Waals surface area contributed by atoms with Crippen LogP contribution in [-0.2, 0) is 6.42 Å². The van der Waals surface area contributed by atoms with Gasteiger partial charge in [-0.05, 0) is 31.4 Å². The molecule has 0 atom stereocenters. The molecule has 1 heterocycles. The number of hydrogen-bond donors (Lipinski definition) is 1. The van der Waals surface area contributed by atoms with Crippen molar-refractivity contribution < 1.29 is 4.74 Å². The van der Waals surface area contributed by atoms with E-state index in [9.17, 15) is 0 Å². The lowest BCUT2D eigenvalue weighted by atomic mass is 10.0. The molecule has 0 unspecified atom stereocenters. The lowest BCUT2D eigenvalue weighted by Gasteiger charge is -2.20. The lowest BCUT2D eigenvalue weighted by Crippen LogP contribution is -2.13. The van der Waals surface area contributed by atoms with E-state index in [2.05, 4.69) is 17.4 Å². The first-order valence-electron chi connectivity index (χ1n) is 5.51. The molecule has 2 rings (SSSR count). The second kappa shape index (κ2) is 4.87. The van der Waals surface area contributed by atoms with Crippen LogP contribution < -0.4 is 10.1 Å². The van der Waals surface area contributed by atoms with E-state index in [0.717, 1.165) is 18.7 Å². The highest BCUT2D eigenvalue weighted by molar-refractivity contribution is 5.63. The van der Waals surface area contributed by atoms with Crippen LogP contribution >= 0.6 is 0 Å². The summed E-state index contributed by atoms with van der Waals surface area (Å²) in [5.74, 6) is 0.977. The molecule has 0 bridgehead atoms. The minimum atomic E-state index is 0.647. The highest BCUT2D eigenvalue weighted by Gasteiger charge is 2.12. The van der Waals surface area contributed by atoms with Crippen LogP contribution in [0.1, 0.15) is 18.9 Å². The molecule has 0 aliphatic carbocycles. The highest BCUT2D eigenvalue weighted by Crippen LogP contribution is 2.31. The topological polar surface area (TPSA) is 21.3 Å². The molecule has 80 valence electrons. The van der Waals surface area contributed by atoms with Crippen LogP contribution in [0.15, 0.2) is 30.4 Å². The largest absolute Gasteiger partial charge is 0.487 e. The van der Waals surface area contributed by atoms with Gasteiger partial charge < -0.3 is 10.1 Å². The number of para-hydroxylation sites is 1. The van der Waals surface area contributed by atoms with Gasteiger partial charge in [-0.25, -0.2) is 0 Å². The summed E-state index contributed by atoms with van der Waals surface area (Å²) in [6, 6.07) is 6.27. The van der Waals surface area contributed by atoms with Crippen LogP contribution in [0.3, 0.4) is 0 Å². The number of hydrogen-bond acceptors (Lipinski definition) is 2. The highest BCUT2D eigenvalue weighted by atomic mass is 16.5. The minimum Gasteiger partial charge on any atom is -0.487 e. The normalized spacial score (nSPS) is 14.7. The third kappa shape index (κ3) is 2.32. The van der Waals surface area contributed by atoms with Crippen LogP contribution in [0.4, 0.5) is 5.69 Å². The van der Waals surface area contributed by atoms with Crippen molar-refractivity contribution in [3.8, 4) is 5.75 Å². The van der Waals surface area contributed by atoms with Crippen LogP contribution in [0, 0.1) is 0 Å². The van der Waals surface area contributed by atoms with E-state index in [1.807, 2.05) is 25.1 Å². The fourth-order valence-corrected chi connectivity index (χ4v) is 1.83. The molecule has 2 heteroatoms. The van der Waals surface area contributed by atoms with Crippen molar-refractivity contribution >= 4 is 5.69 Å². The maximum atomic E-state index is 5.70. The SMILES string of the molecule is C/C=C/COc1cccc2c1NCCC2. The van der Waals surface area contributed by atoms with Gasteiger partial charge in [0.25, 0.3) is 0 Å². The first-order valence-corrected chi connectivity index (χ1v) is 5.51. The van der Waals surface area contributed by atoms with Gasteiger partial charge >= 0.3 is 0 Å². The maximum absolute atomic E-state index is 5.70. The summed E-state index contributed by atoms with van der Waals surface area (Å²) in [4.78, 5) is 0. The summed E-state index contributed by atoms with van der Waals surface area (Å²) < 4.78 is 5.70. The second-order valence-electron chi connectivity index (χ2n) is 3.70. The smallest absolute Gasteiger partial charge is 0.143 e. The van der Waals surface area contributed by atoms with E-state index >= 15 is 0 Å². The molecule has 0 amide bonds. The monoisotopic (exact) mass is 203 g/mol. The molecule has 2 nitrogen and oxygen atoms in total. The molecular weight excluding hydrogens is 186 g/mol. The number of anilines is 1. The average Bonchev–Trinajstić information content (AvgIpc) is 2.30. The van der Waals surface area contributed by atoms with Gasteiger partial charge in [-0.1, -0.05) is 24.3 Å². The zero-order valence-electron chi connectivity index (χ0n) is 9.12. The molecule has 1 aromatic rings. The Morgan fingerprint density at radius 1 is 1.47 bits per heavy atom. The Hall–Kier alpha value is -1.44. The molecule has 1 aromatic carbocycles. The number of benzene rings is 1. The summed E-state index contributed by atoms with van der Waals surface area (Å²) in [7, 11) is 0. The number of nitrogens with one attached hydrogen (secondary N) is 1. The second-order valence-corrected chi connectivity index (χ2v) is 3.70. The molecule has 1 aliphatic rings. The Labute approximate surface area is 91.0 Å². The van der Waals surface area contributed by atoms with Gasteiger partial charge in [-0.3, -0.25) is 0 Å². The number of aryl methyl sites for hydroxylation is 1. The maximum Gasteiger partial charge on any atom is 0.143 e. The molecule has 0 spiro atoms. The summed E-state index contributed by atoms with van der Waals surface area (Å²) in [6.45, 7) is 3.70. The van der Waals surface area contributed by atoms with Gasteiger partial charge in [0.05, 0.1) is 5.69 Å². The lowest BCUT2D eigenvalue weighted by molar-refractivity contribution is 0.363. The van der Waals surface area contributed by atoms with Crippen molar-refractivity contribution in [1.82, 2.24) is 0 Å². The van der Waals surface area contributed by atoms with Crippen molar-refractivity contribution in [3.63, 3.8) is 0 Å². The van der Waals surface area contributed by atoms with Crippen molar-refractivity contribution in [1.29, 1.82) is 0 Å². The molecule has 0 saturated carbocycles. The third-order valence-corrected chi connectivity index (χ3v) is 2.61. The Bertz CT molecular complexity index is 358. The van der Waals surface area contributed by atoms with Gasteiger partial charge in [0.15, 0.2) is 0 Å². The van der Waals surface area contributed by atoms with Crippen LogP contribution in [0.2, 0.25) is 0 Å². The summed E-state index contributed by atoms with van der Waals surface area (Å²) >= 11 is 0. The van der Waals surface area contributed by atoms with Crippen molar-refractivity contribution in [2.24, 2.45) is 0 Å². The Balaban J connectivity index is 2.16. The van der Waals surface area contributed by atoms with E-state index in [4.69, 9.17) is 4.74 Å². The van der Waals surface area contributed by atoms with E-state index in [1.165, 1.54) is 17.7 Å². The van der Waals surface area contributed by atoms with Crippen LogP contribution in [-0.4, -0.2) is 13.2 Å².